The van der Waals surface area contributed by atoms with Crippen molar-refractivity contribution >= 4 is 28.9 Å². The van der Waals surface area contributed by atoms with Gasteiger partial charge in [0.1, 0.15) is 4.88 Å². The number of thiophene rings is 1. The first kappa shape index (κ1) is 22.0. The summed E-state index contributed by atoms with van der Waals surface area (Å²) < 4.78 is 0. The molecule has 31 heavy (non-hydrogen) atoms. The minimum Gasteiger partial charge on any atom is -0.477 e. The van der Waals surface area contributed by atoms with Gasteiger partial charge in [-0.1, -0.05) is 37.3 Å². The number of carbonyl (C=O) groups excluding carboxylic acids is 1. The number of aromatic carboxylic acids is 1. The number of benzene rings is 1. The molecule has 1 saturated carbocycles. The number of quaternary nitrogens is 1. The summed E-state index contributed by atoms with van der Waals surface area (Å²) in [6.07, 6.45) is 6.12. The highest BCUT2D eigenvalue weighted by molar-refractivity contribution is 7.18. The zero-order chi connectivity index (χ0) is 21.8. The molecular weight excluding hydrogens is 408 g/mol. The lowest BCUT2D eigenvalue weighted by molar-refractivity contribution is -0.664. The Bertz CT molecular complexity index is 897. The van der Waals surface area contributed by atoms with Crippen molar-refractivity contribution in [2.45, 2.75) is 45.4 Å². The summed E-state index contributed by atoms with van der Waals surface area (Å²) in [5.41, 5.74) is 1.59. The van der Waals surface area contributed by atoms with Gasteiger partial charge in [-0.25, -0.2) is 4.79 Å². The minimum atomic E-state index is -0.950. The van der Waals surface area contributed by atoms with Gasteiger partial charge in [0, 0.05) is 30.2 Å². The summed E-state index contributed by atoms with van der Waals surface area (Å²) in [5.74, 6) is 0.286. The van der Waals surface area contributed by atoms with Crippen LogP contribution in [0.15, 0.2) is 36.4 Å². The number of carbonyl (C=O) groups is 2. The number of amides is 1. The average Bonchev–Trinajstić information content (AvgIpc) is 3.24. The summed E-state index contributed by atoms with van der Waals surface area (Å²) in [6, 6.07) is 11.8. The van der Waals surface area contributed by atoms with Crippen LogP contribution in [0.1, 0.15) is 55.1 Å². The zero-order valence-corrected chi connectivity index (χ0v) is 19.1. The van der Waals surface area contributed by atoms with Crippen molar-refractivity contribution in [3.63, 3.8) is 0 Å². The lowest BCUT2D eigenvalue weighted by atomic mass is 9.82. The molecule has 1 saturated heterocycles. The van der Waals surface area contributed by atoms with Crippen LogP contribution in [0.4, 0.5) is 5.69 Å². The minimum absolute atomic E-state index is 0.00748. The first-order chi connectivity index (χ1) is 15.0. The summed E-state index contributed by atoms with van der Waals surface area (Å²) in [5, 5.41) is 12.3. The maximum absolute atomic E-state index is 13.7. The Morgan fingerprint density at radius 3 is 2.39 bits per heavy atom. The van der Waals surface area contributed by atoms with E-state index in [9.17, 15) is 14.7 Å². The van der Waals surface area contributed by atoms with Crippen molar-refractivity contribution in [1.29, 1.82) is 0 Å². The van der Waals surface area contributed by atoms with Crippen LogP contribution in [0.3, 0.4) is 0 Å². The fourth-order valence-corrected chi connectivity index (χ4v) is 5.96. The van der Waals surface area contributed by atoms with E-state index in [4.69, 9.17) is 0 Å². The fraction of sp³-hybridized carbons (Fsp3) is 0.520. The molecule has 166 valence electrons. The number of anilines is 1. The van der Waals surface area contributed by atoms with Gasteiger partial charge in [-0.2, -0.15) is 0 Å². The van der Waals surface area contributed by atoms with Gasteiger partial charge >= 0.3 is 5.97 Å². The Morgan fingerprint density at radius 1 is 1.06 bits per heavy atom. The Morgan fingerprint density at radius 2 is 1.74 bits per heavy atom. The summed E-state index contributed by atoms with van der Waals surface area (Å²) in [4.78, 5) is 28.9. The molecule has 6 heteroatoms. The number of piperidine rings is 1. The highest BCUT2D eigenvalue weighted by Gasteiger charge is 2.34. The SMILES string of the molecule is CC1CCC(C(=O)N(CC2CC[NH2+]CC2)c2cc(-c3ccccc3)sc2C(=O)O)CC1. The smallest absolute Gasteiger partial charge is 0.348 e. The van der Waals surface area contributed by atoms with Crippen molar-refractivity contribution in [3.05, 3.63) is 41.3 Å². The molecule has 1 aliphatic heterocycles. The molecule has 0 radical (unpaired) electrons. The van der Waals surface area contributed by atoms with Crippen LogP contribution in [-0.4, -0.2) is 36.6 Å². The predicted octanol–water partition coefficient (Wildman–Crippen LogP) is 4.25. The third-order valence-electron chi connectivity index (χ3n) is 6.89. The topological polar surface area (TPSA) is 74.2 Å². The molecule has 2 aromatic rings. The van der Waals surface area contributed by atoms with Gasteiger partial charge in [-0.15, -0.1) is 11.3 Å². The van der Waals surface area contributed by atoms with Crippen molar-refractivity contribution in [1.82, 2.24) is 0 Å². The van der Waals surface area contributed by atoms with E-state index in [1.54, 1.807) is 0 Å². The van der Waals surface area contributed by atoms with Crippen LogP contribution in [0.2, 0.25) is 0 Å². The molecule has 1 aliphatic carbocycles. The Kier molecular flexibility index (Phi) is 7.08. The molecule has 3 N–H and O–H groups in total. The van der Waals surface area contributed by atoms with Gasteiger partial charge in [0.05, 0.1) is 18.8 Å². The molecule has 2 heterocycles. The van der Waals surface area contributed by atoms with Crippen molar-refractivity contribution in [2.24, 2.45) is 17.8 Å². The maximum atomic E-state index is 13.7. The number of hydrogen-bond donors (Lipinski definition) is 2. The van der Waals surface area contributed by atoms with E-state index in [1.807, 2.05) is 41.3 Å². The molecule has 0 unspecified atom stereocenters. The largest absolute Gasteiger partial charge is 0.477 e. The highest BCUT2D eigenvalue weighted by atomic mass is 32.1. The molecular formula is C25H33N2O3S+. The van der Waals surface area contributed by atoms with Crippen LogP contribution in [0.25, 0.3) is 10.4 Å². The van der Waals surface area contributed by atoms with Crippen molar-refractivity contribution < 1.29 is 20.0 Å². The van der Waals surface area contributed by atoms with Crippen LogP contribution >= 0.6 is 11.3 Å². The number of rotatable bonds is 6. The standard InChI is InChI=1S/C25H32N2O3S/c1-17-7-9-20(10-8-17)24(28)27(16-18-11-13-26-14-12-18)21-15-22(31-23(21)25(29)30)19-5-3-2-4-6-19/h2-6,15,17-18,20,26H,7-14,16H2,1H3,(H,29,30)/p+1. The summed E-state index contributed by atoms with van der Waals surface area (Å²) in [6.45, 7) is 5.05. The van der Waals surface area contributed by atoms with Crippen molar-refractivity contribution in [3.8, 4) is 10.4 Å². The quantitative estimate of drug-likeness (QED) is 0.704. The summed E-state index contributed by atoms with van der Waals surface area (Å²) >= 11 is 1.28. The van der Waals surface area contributed by atoms with Crippen LogP contribution in [0.5, 0.6) is 0 Å². The molecule has 1 amide bonds. The van der Waals surface area contributed by atoms with E-state index in [0.29, 0.717) is 24.1 Å². The van der Waals surface area contributed by atoms with Gasteiger partial charge in [0.2, 0.25) is 5.91 Å². The average molecular weight is 442 g/mol. The van der Waals surface area contributed by atoms with E-state index >= 15 is 0 Å². The van der Waals surface area contributed by atoms with E-state index in [-0.39, 0.29) is 16.7 Å². The zero-order valence-electron chi connectivity index (χ0n) is 18.3. The first-order valence-electron chi connectivity index (χ1n) is 11.6. The highest BCUT2D eigenvalue weighted by Crippen LogP contribution is 2.39. The Labute approximate surface area is 188 Å². The van der Waals surface area contributed by atoms with Gasteiger partial charge < -0.3 is 15.3 Å². The second-order valence-corrected chi connectivity index (χ2v) is 10.3. The Hall–Kier alpha value is -2.18. The molecule has 0 bridgehead atoms. The second kappa shape index (κ2) is 9.96. The molecule has 5 nitrogen and oxygen atoms in total. The summed E-state index contributed by atoms with van der Waals surface area (Å²) in [7, 11) is 0. The van der Waals surface area contributed by atoms with Crippen LogP contribution in [0, 0.1) is 17.8 Å². The number of carboxylic acid groups (broad SMARTS) is 1. The maximum Gasteiger partial charge on any atom is 0.348 e. The molecule has 2 fully saturated rings. The Balaban J connectivity index is 1.68. The van der Waals surface area contributed by atoms with Gasteiger partial charge in [-0.3, -0.25) is 4.79 Å². The van der Waals surface area contributed by atoms with E-state index in [1.165, 1.54) is 11.3 Å². The fourth-order valence-electron chi connectivity index (χ4n) is 4.95. The second-order valence-electron chi connectivity index (χ2n) is 9.21. The van der Waals surface area contributed by atoms with E-state index < -0.39 is 5.97 Å². The third kappa shape index (κ3) is 5.18. The third-order valence-corrected chi connectivity index (χ3v) is 8.05. The first-order valence-corrected chi connectivity index (χ1v) is 12.4. The molecule has 4 rings (SSSR count). The van der Waals surface area contributed by atoms with Crippen molar-refractivity contribution in [2.75, 3.05) is 24.5 Å². The predicted molar refractivity (Wildman–Crippen MR) is 125 cm³/mol. The normalized spacial score (nSPS) is 22.2. The molecule has 2 aliphatic rings. The molecule has 0 atom stereocenters. The van der Waals surface area contributed by atoms with Crippen LogP contribution in [-0.2, 0) is 4.79 Å². The van der Waals surface area contributed by atoms with E-state index in [0.717, 1.165) is 62.1 Å². The number of carboxylic acids is 1. The monoisotopic (exact) mass is 441 g/mol. The van der Waals surface area contributed by atoms with Gasteiger partial charge in [-0.05, 0) is 49.1 Å². The van der Waals surface area contributed by atoms with Gasteiger partial charge in [0.25, 0.3) is 0 Å². The number of hydrogen-bond acceptors (Lipinski definition) is 3. The van der Waals surface area contributed by atoms with E-state index in [2.05, 4.69) is 12.2 Å². The lowest BCUT2D eigenvalue weighted by Crippen LogP contribution is -2.86. The lowest BCUT2D eigenvalue weighted by Gasteiger charge is -2.34. The molecule has 1 aromatic heterocycles. The molecule has 1 aromatic carbocycles. The number of nitrogens with two attached hydrogens (primary N) is 1. The van der Waals surface area contributed by atoms with Gasteiger partial charge in [0.15, 0.2) is 0 Å². The number of nitrogens with zero attached hydrogens (tertiary/aromatic N) is 1. The van der Waals surface area contributed by atoms with Crippen LogP contribution < -0.4 is 10.2 Å². The molecule has 0 spiro atoms.